The summed E-state index contributed by atoms with van der Waals surface area (Å²) < 4.78 is 11.0. The zero-order valence-corrected chi connectivity index (χ0v) is 17.0. The van der Waals surface area contributed by atoms with Crippen LogP contribution in [-0.4, -0.2) is 69.3 Å². The van der Waals surface area contributed by atoms with Gasteiger partial charge in [0.15, 0.2) is 0 Å². The number of hydrogen-bond acceptors (Lipinski definition) is 5. The van der Waals surface area contributed by atoms with Gasteiger partial charge in [-0.25, -0.2) is 0 Å². The van der Waals surface area contributed by atoms with Gasteiger partial charge < -0.3 is 14.8 Å². The Labute approximate surface area is 163 Å². The number of methoxy groups -OCH3 is 2. The van der Waals surface area contributed by atoms with Gasteiger partial charge in [0.25, 0.3) is 0 Å². The van der Waals surface area contributed by atoms with E-state index in [2.05, 4.69) is 28.1 Å². The maximum absolute atomic E-state index is 5.64. The van der Waals surface area contributed by atoms with Crippen molar-refractivity contribution in [2.24, 2.45) is 0 Å². The zero-order chi connectivity index (χ0) is 16.2. The highest BCUT2D eigenvalue weighted by atomic mass is 35.5. The van der Waals surface area contributed by atoms with Gasteiger partial charge in [0, 0.05) is 56.4 Å². The summed E-state index contributed by atoms with van der Waals surface area (Å²) >= 11 is 0. The number of nitrogens with zero attached hydrogens (tertiary/aromatic N) is 2. The molecule has 25 heavy (non-hydrogen) atoms. The fourth-order valence-electron chi connectivity index (χ4n) is 3.84. The summed E-state index contributed by atoms with van der Waals surface area (Å²) in [7, 11) is 3.45. The first-order valence-corrected chi connectivity index (χ1v) is 8.60. The summed E-state index contributed by atoms with van der Waals surface area (Å²) in [5.41, 5.74) is 2.34. The van der Waals surface area contributed by atoms with Gasteiger partial charge in [-0.3, -0.25) is 9.80 Å². The lowest BCUT2D eigenvalue weighted by Gasteiger charge is -2.38. The Morgan fingerprint density at radius 3 is 2.36 bits per heavy atom. The molecule has 2 aliphatic rings. The van der Waals surface area contributed by atoms with E-state index in [-0.39, 0.29) is 24.8 Å². The lowest BCUT2D eigenvalue weighted by molar-refractivity contribution is 0.0975. The third-order valence-electron chi connectivity index (χ3n) is 5.21. The predicted octanol–water partition coefficient (Wildman–Crippen LogP) is 2.34. The first-order valence-electron chi connectivity index (χ1n) is 8.60. The van der Waals surface area contributed by atoms with Crippen LogP contribution in [0.3, 0.4) is 0 Å². The molecule has 0 spiro atoms. The SMILES string of the molecule is COc1ccc(CN2CCN(C3CCNC3)CC2)c(OC)c1C.Cl.Cl. The fraction of sp³-hybridized carbons (Fsp3) is 0.667. The van der Waals surface area contributed by atoms with Gasteiger partial charge in [0.05, 0.1) is 14.2 Å². The molecular weight excluding hydrogens is 361 g/mol. The standard InChI is InChI=1S/C18H29N3O2.2ClH/c1-14-17(22-2)5-4-15(18(14)23-3)13-20-8-10-21(11-9-20)16-6-7-19-12-16;;/h4-5,16,19H,6-13H2,1-3H3;2*1H. The van der Waals surface area contributed by atoms with Gasteiger partial charge in [0.1, 0.15) is 11.5 Å². The minimum Gasteiger partial charge on any atom is -0.496 e. The van der Waals surface area contributed by atoms with Crippen LogP contribution in [0, 0.1) is 6.92 Å². The van der Waals surface area contributed by atoms with E-state index >= 15 is 0 Å². The molecule has 0 saturated carbocycles. The average Bonchev–Trinajstić information content (AvgIpc) is 3.10. The van der Waals surface area contributed by atoms with Gasteiger partial charge in [-0.1, -0.05) is 6.07 Å². The minimum atomic E-state index is 0. The van der Waals surface area contributed by atoms with Crippen molar-refractivity contribution in [1.29, 1.82) is 0 Å². The number of rotatable bonds is 5. The second kappa shape index (κ2) is 10.4. The number of piperazine rings is 1. The Bertz CT molecular complexity index is 531. The highest BCUT2D eigenvalue weighted by Crippen LogP contribution is 2.32. The molecule has 1 aromatic rings. The van der Waals surface area contributed by atoms with Crippen molar-refractivity contribution in [3.63, 3.8) is 0 Å². The van der Waals surface area contributed by atoms with E-state index in [1.54, 1.807) is 14.2 Å². The monoisotopic (exact) mass is 391 g/mol. The quantitative estimate of drug-likeness (QED) is 0.833. The molecule has 0 radical (unpaired) electrons. The molecule has 2 fully saturated rings. The third-order valence-corrected chi connectivity index (χ3v) is 5.21. The van der Waals surface area contributed by atoms with Crippen LogP contribution < -0.4 is 14.8 Å². The van der Waals surface area contributed by atoms with Crippen molar-refractivity contribution in [1.82, 2.24) is 15.1 Å². The maximum Gasteiger partial charge on any atom is 0.129 e. The largest absolute Gasteiger partial charge is 0.496 e. The molecule has 1 N–H and O–H groups in total. The van der Waals surface area contributed by atoms with E-state index in [0.29, 0.717) is 0 Å². The molecule has 144 valence electrons. The molecule has 5 nitrogen and oxygen atoms in total. The van der Waals surface area contributed by atoms with Crippen LogP contribution in [0.25, 0.3) is 0 Å². The lowest BCUT2D eigenvalue weighted by Crippen LogP contribution is -2.50. The molecule has 0 aliphatic carbocycles. The first kappa shape index (κ1) is 22.3. The first-order chi connectivity index (χ1) is 11.2. The topological polar surface area (TPSA) is 37.0 Å². The smallest absolute Gasteiger partial charge is 0.129 e. The second-order valence-corrected chi connectivity index (χ2v) is 6.54. The van der Waals surface area contributed by atoms with Gasteiger partial charge in [-0.05, 0) is 26.0 Å². The number of hydrogen-bond donors (Lipinski definition) is 1. The van der Waals surface area contributed by atoms with Crippen LogP contribution in [0.2, 0.25) is 0 Å². The molecular formula is C18H31Cl2N3O2. The third kappa shape index (κ3) is 5.14. The number of benzene rings is 1. The zero-order valence-electron chi connectivity index (χ0n) is 15.4. The highest BCUT2D eigenvalue weighted by Gasteiger charge is 2.26. The van der Waals surface area contributed by atoms with Crippen molar-refractivity contribution in [2.75, 3.05) is 53.5 Å². The maximum atomic E-state index is 5.64. The normalized spacial score (nSPS) is 21.3. The van der Waals surface area contributed by atoms with Gasteiger partial charge in [-0.15, -0.1) is 24.8 Å². The van der Waals surface area contributed by atoms with E-state index in [0.717, 1.165) is 49.3 Å². The van der Waals surface area contributed by atoms with Crippen molar-refractivity contribution in [2.45, 2.75) is 25.9 Å². The van der Waals surface area contributed by atoms with Gasteiger partial charge in [0.2, 0.25) is 0 Å². The van der Waals surface area contributed by atoms with Crippen molar-refractivity contribution in [3.05, 3.63) is 23.3 Å². The molecule has 0 bridgehead atoms. The lowest BCUT2D eigenvalue weighted by atomic mass is 10.1. The van der Waals surface area contributed by atoms with Gasteiger partial charge >= 0.3 is 0 Å². The van der Waals surface area contributed by atoms with Gasteiger partial charge in [-0.2, -0.15) is 0 Å². The van der Waals surface area contributed by atoms with E-state index in [4.69, 9.17) is 9.47 Å². The minimum absolute atomic E-state index is 0. The Kier molecular flexibility index (Phi) is 9.32. The molecule has 3 rings (SSSR count). The van der Waals surface area contributed by atoms with E-state index in [1.807, 2.05) is 6.07 Å². The molecule has 2 heterocycles. The molecule has 2 saturated heterocycles. The number of ether oxygens (including phenoxy) is 2. The summed E-state index contributed by atoms with van der Waals surface area (Å²) in [6.07, 6.45) is 1.30. The highest BCUT2D eigenvalue weighted by molar-refractivity contribution is 5.85. The Balaban J connectivity index is 0.00000156. The Morgan fingerprint density at radius 1 is 1.08 bits per heavy atom. The summed E-state index contributed by atoms with van der Waals surface area (Å²) in [5.74, 6) is 1.86. The summed E-state index contributed by atoms with van der Waals surface area (Å²) in [5, 5.41) is 3.47. The fourth-order valence-corrected chi connectivity index (χ4v) is 3.84. The molecule has 7 heteroatoms. The van der Waals surface area contributed by atoms with Crippen LogP contribution in [0.15, 0.2) is 12.1 Å². The number of halogens is 2. The molecule has 1 atom stereocenters. The van der Waals surface area contributed by atoms with Crippen LogP contribution in [0.1, 0.15) is 17.5 Å². The summed E-state index contributed by atoms with van der Waals surface area (Å²) in [4.78, 5) is 5.18. The van der Waals surface area contributed by atoms with Crippen molar-refractivity contribution < 1.29 is 9.47 Å². The summed E-state index contributed by atoms with van der Waals surface area (Å²) in [6, 6.07) is 4.93. The van der Waals surface area contributed by atoms with Crippen LogP contribution in [-0.2, 0) is 6.54 Å². The van der Waals surface area contributed by atoms with E-state index in [9.17, 15) is 0 Å². The van der Waals surface area contributed by atoms with E-state index < -0.39 is 0 Å². The van der Waals surface area contributed by atoms with Crippen LogP contribution >= 0.6 is 24.8 Å². The van der Waals surface area contributed by atoms with E-state index in [1.165, 1.54) is 31.6 Å². The Morgan fingerprint density at radius 2 is 1.80 bits per heavy atom. The second-order valence-electron chi connectivity index (χ2n) is 6.54. The van der Waals surface area contributed by atoms with Crippen molar-refractivity contribution in [3.8, 4) is 11.5 Å². The average molecular weight is 392 g/mol. The van der Waals surface area contributed by atoms with Crippen molar-refractivity contribution >= 4 is 24.8 Å². The molecule has 2 aliphatic heterocycles. The number of nitrogens with one attached hydrogen (secondary N) is 1. The summed E-state index contributed by atoms with van der Waals surface area (Å²) in [6.45, 7) is 9.94. The molecule has 0 amide bonds. The van der Waals surface area contributed by atoms with Crippen LogP contribution in [0.5, 0.6) is 11.5 Å². The van der Waals surface area contributed by atoms with Crippen LogP contribution in [0.4, 0.5) is 0 Å². The Hall–Kier alpha value is -0.720. The molecule has 1 unspecified atom stereocenters. The molecule has 1 aromatic carbocycles. The predicted molar refractivity (Wildman–Crippen MR) is 107 cm³/mol. The molecule has 0 aromatic heterocycles.